The normalized spacial score (nSPS) is 14.1. The van der Waals surface area contributed by atoms with Gasteiger partial charge < -0.3 is 0 Å². The highest BCUT2D eigenvalue weighted by Gasteiger charge is 2.11. The molecule has 116 valence electrons. The summed E-state index contributed by atoms with van der Waals surface area (Å²) in [6.45, 7) is 4.27. The molecule has 2 nitrogen and oxygen atoms in total. The van der Waals surface area contributed by atoms with Crippen molar-refractivity contribution in [2.24, 2.45) is 0 Å². The molecular weight excluding hydrogens is 270 g/mol. The van der Waals surface area contributed by atoms with Crippen LogP contribution in [0, 0.1) is 0 Å². The Balaban J connectivity index is 1.88. The first kappa shape index (κ1) is 16.5. The summed E-state index contributed by atoms with van der Waals surface area (Å²) >= 11 is 0. The number of hydrogen-bond donors (Lipinski definition) is 1. The molecule has 0 amide bonds. The zero-order valence-corrected chi connectivity index (χ0v) is 13.4. The van der Waals surface area contributed by atoms with Gasteiger partial charge in [0.25, 0.3) is 0 Å². The largest absolute Gasteiger partial charge is 0.293 e. The van der Waals surface area contributed by atoms with E-state index < -0.39 is 0 Å². The first-order valence-corrected chi connectivity index (χ1v) is 7.99. The molecule has 1 N–H and O–H groups in total. The van der Waals surface area contributed by atoms with E-state index in [0.717, 1.165) is 12.8 Å². The zero-order chi connectivity index (χ0) is 15.6. The molecule has 2 atom stereocenters. The second-order valence-corrected chi connectivity index (χ2v) is 5.48. The van der Waals surface area contributed by atoms with Crippen LogP contribution in [0.4, 0.5) is 0 Å². The van der Waals surface area contributed by atoms with Gasteiger partial charge in [-0.05, 0) is 24.5 Å². The molecule has 2 aromatic carbocycles. The number of hydrogen-bond acceptors (Lipinski definition) is 2. The fourth-order valence-corrected chi connectivity index (χ4v) is 2.27. The lowest BCUT2D eigenvalue weighted by molar-refractivity contribution is -0.0397. The van der Waals surface area contributed by atoms with E-state index in [9.17, 15) is 0 Å². The van der Waals surface area contributed by atoms with Gasteiger partial charge in [0.2, 0.25) is 0 Å². The van der Waals surface area contributed by atoms with Gasteiger partial charge in [0, 0.05) is 6.04 Å². The Bertz CT molecular complexity index is 550. The van der Waals surface area contributed by atoms with E-state index in [0.29, 0.717) is 0 Å². The molecule has 0 spiro atoms. The molecule has 0 heterocycles. The van der Waals surface area contributed by atoms with E-state index in [1.54, 1.807) is 0 Å². The lowest BCUT2D eigenvalue weighted by atomic mass is 10.1. The summed E-state index contributed by atoms with van der Waals surface area (Å²) in [7, 11) is 0. The van der Waals surface area contributed by atoms with E-state index in [1.165, 1.54) is 11.1 Å². The molecule has 2 aromatic rings. The monoisotopic (exact) mass is 295 g/mol. The van der Waals surface area contributed by atoms with Crippen LogP contribution in [0.15, 0.2) is 66.7 Å². The maximum atomic E-state index is 5.92. The minimum Gasteiger partial charge on any atom is -0.293 e. The molecule has 0 fully saturated rings. The van der Waals surface area contributed by atoms with Crippen molar-refractivity contribution < 1.29 is 4.84 Å². The Kier molecular flexibility index (Phi) is 6.88. The maximum Gasteiger partial charge on any atom is 0.104 e. The topological polar surface area (TPSA) is 21.3 Å². The van der Waals surface area contributed by atoms with Crippen molar-refractivity contribution in [2.75, 3.05) is 0 Å². The second kappa shape index (κ2) is 9.19. The average Bonchev–Trinajstić information content (AvgIpc) is 2.58. The average molecular weight is 295 g/mol. The minimum atomic E-state index is 0.0961. The van der Waals surface area contributed by atoms with Gasteiger partial charge in [-0.15, -0.1) is 0 Å². The molecule has 2 heteroatoms. The van der Waals surface area contributed by atoms with Gasteiger partial charge >= 0.3 is 0 Å². The van der Waals surface area contributed by atoms with Crippen molar-refractivity contribution >= 4 is 6.08 Å². The van der Waals surface area contributed by atoms with E-state index in [1.807, 2.05) is 24.3 Å². The van der Waals surface area contributed by atoms with Crippen LogP contribution in [0.3, 0.4) is 0 Å². The van der Waals surface area contributed by atoms with E-state index >= 15 is 0 Å². The van der Waals surface area contributed by atoms with Gasteiger partial charge in [-0.25, -0.2) is 0 Å². The van der Waals surface area contributed by atoms with Crippen molar-refractivity contribution in [2.45, 2.75) is 38.8 Å². The maximum absolute atomic E-state index is 5.92. The SMILES string of the molecule is CCCC(ONC(C)/C=C/c1ccccc1)c1ccccc1. The summed E-state index contributed by atoms with van der Waals surface area (Å²) in [4.78, 5) is 5.92. The quantitative estimate of drug-likeness (QED) is 0.680. The molecule has 2 unspecified atom stereocenters. The summed E-state index contributed by atoms with van der Waals surface area (Å²) in [6, 6.07) is 20.8. The number of rotatable bonds is 8. The Labute approximate surface area is 133 Å². The predicted molar refractivity (Wildman–Crippen MR) is 93.2 cm³/mol. The molecule has 0 bridgehead atoms. The van der Waals surface area contributed by atoms with Gasteiger partial charge in [0.05, 0.1) is 0 Å². The second-order valence-electron chi connectivity index (χ2n) is 5.48. The highest BCUT2D eigenvalue weighted by molar-refractivity contribution is 5.49. The third kappa shape index (κ3) is 5.47. The third-order valence-electron chi connectivity index (χ3n) is 3.50. The molecule has 2 rings (SSSR count). The van der Waals surface area contributed by atoms with Crippen LogP contribution < -0.4 is 5.48 Å². The molecule has 0 aromatic heterocycles. The first-order valence-electron chi connectivity index (χ1n) is 7.99. The number of benzene rings is 2. The van der Waals surface area contributed by atoms with Gasteiger partial charge in [-0.3, -0.25) is 4.84 Å². The lowest BCUT2D eigenvalue weighted by Crippen LogP contribution is -2.26. The Morgan fingerprint density at radius 3 is 2.27 bits per heavy atom. The number of nitrogens with one attached hydrogen (secondary N) is 1. The molecule has 0 aliphatic heterocycles. The lowest BCUT2D eigenvalue weighted by Gasteiger charge is -2.19. The van der Waals surface area contributed by atoms with Crippen molar-refractivity contribution in [1.29, 1.82) is 0 Å². The molecule has 0 radical (unpaired) electrons. The van der Waals surface area contributed by atoms with Crippen LogP contribution in [0.5, 0.6) is 0 Å². The molecule has 0 aliphatic carbocycles. The third-order valence-corrected chi connectivity index (χ3v) is 3.50. The van der Waals surface area contributed by atoms with E-state index in [-0.39, 0.29) is 12.1 Å². The highest BCUT2D eigenvalue weighted by Crippen LogP contribution is 2.21. The highest BCUT2D eigenvalue weighted by atomic mass is 16.7. The first-order chi connectivity index (χ1) is 10.8. The summed E-state index contributed by atoms with van der Waals surface area (Å²) in [6.07, 6.45) is 6.42. The van der Waals surface area contributed by atoms with Crippen LogP contribution in [0.25, 0.3) is 6.08 Å². The van der Waals surface area contributed by atoms with Gasteiger partial charge in [0.1, 0.15) is 6.10 Å². The molecule has 0 aliphatic rings. The predicted octanol–water partition coefficient (Wildman–Crippen LogP) is 5.15. The Hall–Kier alpha value is -1.90. The Morgan fingerprint density at radius 2 is 1.64 bits per heavy atom. The van der Waals surface area contributed by atoms with Crippen molar-refractivity contribution in [3.05, 3.63) is 77.9 Å². The molecule has 0 saturated carbocycles. The van der Waals surface area contributed by atoms with Crippen LogP contribution in [0.2, 0.25) is 0 Å². The minimum absolute atomic E-state index is 0.0961. The van der Waals surface area contributed by atoms with Crippen LogP contribution in [-0.4, -0.2) is 6.04 Å². The van der Waals surface area contributed by atoms with Gasteiger partial charge in [-0.1, -0.05) is 86.2 Å². The molecule has 0 saturated heterocycles. The van der Waals surface area contributed by atoms with Crippen molar-refractivity contribution in [1.82, 2.24) is 5.48 Å². The zero-order valence-electron chi connectivity index (χ0n) is 13.4. The van der Waals surface area contributed by atoms with Crippen molar-refractivity contribution in [3.63, 3.8) is 0 Å². The number of hydroxylamine groups is 1. The van der Waals surface area contributed by atoms with Crippen molar-refractivity contribution in [3.8, 4) is 0 Å². The summed E-state index contributed by atoms with van der Waals surface area (Å²) in [5.74, 6) is 0. The summed E-state index contributed by atoms with van der Waals surface area (Å²) in [5, 5.41) is 0. The van der Waals surface area contributed by atoms with Crippen LogP contribution in [0.1, 0.15) is 43.9 Å². The van der Waals surface area contributed by atoms with Crippen LogP contribution >= 0.6 is 0 Å². The summed E-state index contributed by atoms with van der Waals surface area (Å²) in [5.41, 5.74) is 5.57. The molecular formula is C20H25NO. The van der Waals surface area contributed by atoms with E-state index in [2.05, 4.69) is 67.9 Å². The van der Waals surface area contributed by atoms with E-state index in [4.69, 9.17) is 4.84 Å². The van der Waals surface area contributed by atoms with Gasteiger partial charge in [0.15, 0.2) is 0 Å². The fraction of sp³-hybridized carbons (Fsp3) is 0.300. The molecule has 22 heavy (non-hydrogen) atoms. The Morgan fingerprint density at radius 1 is 1.00 bits per heavy atom. The summed E-state index contributed by atoms with van der Waals surface area (Å²) < 4.78 is 0. The van der Waals surface area contributed by atoms with Crippen LogP contribution in [-0.2, 0) is 4.84 Å². The smallest absolute Gasteiger partial charge is 0.104 e. The standard InChI is InChI=1S/C20H25NO/c1-3-10-20(19-13-8-5-9-14-19)22-21-17(2)15-16-18-11-6-4-7-12-18/h4-9,11-17,20-21H,3,10H2,1-2H3/b16-15+. The van der Waals surface area contributed by atoms with Gasteiger partial charge in [-0.2, -0.15) is 5.48 Å². The fourth-order valence-electron chi connectivity index (χ4n) is 2.27.